The number of benzene rings is 2. The molecule has 6 heteroatoms. The summed E-state index contributed by atoms with van der Waals surface area (Å²) < 4.78 is 5.27. The Labute approximate surface area is 158 Å². The van der Waals surface area contributed by atoms with Crippen molar-refractivity contribution in [1.29, 1.82) is 0 Å². The van der Waals surface area contributed by atoms with Gasteiger partial charge < -0.3 is 15.4 Å². The van der Waals surface area contributed by atoms with E-state index in [-0.39, 0.29) is 18.9 Å². The molecule has 26 heavy (non-hydrogen) atoms. The number of primary amides is 1. The lowest BCUT2D eigenvalue weighted by molar-refractivity contribution is -0.127. The van der Waals surface area contributed by atoms with Gasteiger partial charge in [0.05, 0.1) is 7.11 Å². The minimum atomic E-state index is -0.448. The van der Waals surface area contributed by atoms with Crippen molar-refractivity contribution in [3.63, 3.8) is 0 Å². The largest absolute Gasteiger partial charge is 0.496 e. The molecule has 2 aromatic rings. The third kappa shape index (κ3) is 5.93. The van der Waals surface area contributed by atoms with Gasteiger partial charge in [-0.15, -0.1) is 0 Å². The Kier molecular flexibility index (Phi) is 7.24. The molecule has 0 atom stereocenters. The summed E-state index contributed by atoms with van der Waals surface area (Å²) in [7, 11) is 1.55. The number of halogens is 1. The first-order chi connectivity index (χ1) is 12.5. The van der Waals surface area contributed by atoms with Crippen molar-refractivity contribution in [1.82, 2.24) is 4.90 Å². The van der Waals surface area contributed by atoms with Crippen LogP contribution in [0.25, 0.3) is 6.08 Å². The molecule has 2 rings (SSSR count). The van der Waals surface area contributed by atoms with Gasteiger partial charge in [-0.2, -0.15) is 0 Å². The molecule has 0 saturated heterocycles. The van der Waals surface area contributed by atoms with Gasteiger partial charge in [0.2, 0.25) is 11.8 Å². The van der Waals surface area contributed by atoms with E-state index < -0.39 is 5.91 Å². The second kappa shape index (κ2) is 9.63. The molecular weight excluding hydrogens is 352 g/mol. The molecule has 5 nitrogen and oxygen atoms in total. The van der Waals surface area contributed by atoms with Crippen LogP contribution in [0.15, 0.2) is 54.6 Å². The zero-order chi connectivity index (χ0) is 18.9. The Hall–Kier alpha value is -2.79. The molecule has 0 bridgehead atoms. The highest BCUT2D eigenvalue weighted by molar-refractivity contribution is 6.30. The quantitative estimate of drug-likeness (QED) is 0.723. The molecule has 2 amide bonds. The molecule has 0 heterocycles. The summed E-state index contributed by atoms with van der Waals surface area (Å²) in [5, 5.41) is 0.549. The van der Waals surface area contributed by atoms with E-state index >= 15 is 0 Å². The van der Waals surface area contributed by atoms with Crippen molar-refractivity contribution in [2.45, 2.75) is 13.0 Å². The van der Waals surface area contributed by atoms with Crippen molar-refractivity contribution >= 4 is 29.5 Å². The fourth-order valence-electron chi connectivity index (χ4n) is 2.42. The second-order valence-electron chi connectivity index (χ2n) is 5.68. The smallest absolute Gasteiger partial charge is 0.246 e. The third-order valence-electron chi connectivity index (χ3n) is 3.75. The van der Waals surface area contributed by atoms with Gasteiger partial charge >= 0.3 is 0 Å². The lowest BCUT2D eigenvalue weighted by Gasteiger charge is -2.21. The third-order valence-corrected chi connectivity index (χ3v) is 3.99. The van der Waals surface area contributed by atoms with E-state index in [1.54, 1.807) is 36.3 Å². The molecule has 0 aliphatic heterocycles. The summed E-state index contributed by atoms with van der Waals surface area (Å²) in [6.07, 6.45) is 3.19. The number of rotatable bonds is 8. The van der Waals surface area contributed by atoms with Crippen LogP contribution in [0.5, 0.6) is 5.75 Å². The normalized spacial score (nSPS) is 10.7. The number of carbonyl (C=O) groups is 2. The Morgan fingerprint density at radius 1 is 1.19 bits per heavy atom. The van der Waals surface area contributed by atoms with Crippen LogP contribution in [-0.2, 0) is 16.1 Å². The lowest BCUT2D eigenvalue weighted by atomic mass is 10.1. The maximum Gasteiger partial charge on any atom is 0.246 e. The lowest BCUT2D eigenvalue weighted by Crippen LogP contribution is -2.32. The van der Waals surface area contributed by atoms with Gasteiger partial charge in [0, 0.05) is 36.2 Å². The van der Waals surface area contributed by atoms with E-state index in [4.69, 9.17) is 22.1 Å². The van der Waals surface area contributed by atoms with Gasteiger partial charge in [0.25, 0.3) is 0 Å². The highest BCUT2D eigenvalue weighted by Crippen LogP contribution is 2.24. The highest BCUT2D eigenvalue weighted by atomic mass is 35.5. The average Bonchev–Trinajstić information content (AvgIpc) is 2.64. The number of nitrogens with two attached hydrogens (primary N) is 1. The van der Waals surface area contributed by atoms with Crippen molar-refractivity contribution in [2.24, 2.45) is 5.73 Å². The van der Waals surface area contributed by atoms with Gasteiger partial charge in [0.15, 0.2) is 0 Å². The predicted octanol–water partition coefficient (Wildman–Crippen LogP) is 3.27. The number of amides is 2. The highest BCUT2D eigenvalue weighted by Gasteiger charge is 2.13. The topological polar surface area (TPSA) is 72.6 Å². The Balaban J connectivity index is 2.17. The van der Waals surface area contributed by atoms with Crippen molar-refractivity contribution in [2.75, 3.05) is 13.7 Å². The Bertz CT molecular complexity index is 791. The maximum atomic E-state index is 12.6. The summed E-state index contributed by atoms with van der Waals surface area (Å²) in [4.78, 5) is 25.3. The maximum absolute atomic E-state index is 12.6. The molecule has 2 N–H and O–H groups in total. The SMILES string of the molecule is COc1ccc(Cl)cc1/C=C/C(=O)N(CCC(N)=O)Cc1ccccc1. The monoisotopic (exact) mass is 372 g/mol. The summed E-state index contributed by atoms with van der Waals surface area (Å²) in [6, 6.07) is 14.7. The minimum Gasteiger partial charge on any atom is -0.496 e. The van der Waals surface area contributed by atoms with Gasteiger partial charge in [-0.1, -0.05) is 41.9 Å². The van der Waals surface area contributed by atoms with E-state index in [1.165, 1.54) is 6.08 Å². The first kappa shape index (κ1) is 19.5. The number of nitrogens with zero attached hydrogens (tertiary/aromatic N) is 1. The number of ether oxygens (including phenoxy) is 1. The van der Waals surface area contributed by atoms with Gasteiger partial charge in [-0.3, -0.25) is 9.59 Å². The van der Waals surface area contributed by atoms with Crippen LogP contribution in [0.2, 0.25) is 5.02 Å². The minimum absolute atomic E-state index is 0.104. The molecular formula is C20H21ClN2O3. The number of carbonyl (C=O) groups excluding carboxylic acids is 2. The molecule has 0 aromatic heterocycles. The standard InChI is InChI=1S/C20H21ClN2O3/c1-26-18-9-8-17(21)13-16(18)7-10-20(25)23(12-11-19(22)24)14-15-5-3-2-4-6-15/h2-10,13H,11-12,14H2,1H3,(H2,22,24)/b10-7+. The number of hydrogen-bond donors (Lipinski definition) is 1. The summed E-state index contributed by atoms with van der Waals surface area (Å²) in [5.74, 6) is -0.0568. The molecule has 0 aliphatic rings. The van der Waals surface area contributed by atoms with Crippen LogP contribution >= 0.6 is 11.6 Å². The van der Waals surface area contributed by atoms with Crippen LogP contribution in [0.3, 0.4) is 0 Å². The number of methoxy groups -OCH3 is 1. The van der Waals surface area contributed by atoms with E-state index in [0.29, 0.717) is 22.9 Å². The fourth-order valence-corrected chi connectivity index (χ4v) is 2.60. The van der Waals surface area contributed by atoms with Gasteiger partial charge in [-0.05, 0) is 29.8 Å². The van der Waals surface area contributed by atoms with Crippen molar-refractivity contribution < 1.29 is 14.3 Å². The fraction of sp³-hybridized carbons (Fsp3) is 0.200. The summed E-state index contributed by atoms with van der Waals surface area (Å²) >= 11 is 6.01. The molecule has 0 saturated carbocycles. The van der Waals surface area contributed by atoms with E-state index in [2.05, 4.69) is 0 Å². The summed E-state index contributed by atoms with van der Waals surface area (Å²) in [5.41, 5.74) is 6.90. The van der Waals surface area contributed by atoms with Crippen LogP contribution in [-0.4, -0.2) is 30.4 Å². The van der Waals surface area contributed by atoms with Crippen LogP contribution in [0, 0.1) is 0 Å². The zero-order valence-electron chi connectivity index (χ0n) is 14.5. The van der Waals surface area contributed by atoms with Gasteiger partial charge in [-0.25, -0.2) is 0 Å². The zero-order valence-corrected chi connectivity index (χ0v) is 15.3. The summed E-state index contributed by atoms with van der Waals surface area (Å²) in [6.45, 7) is 0.643. The molecule has 136 valence electrons. The number of hydrogen-bond acceptors (Lipinski definition) is 3. The van der Waals surface area contributed by atoms with E-state index in [9.17, 15) is 9.59 Å². The van der Waals surface area contributed by atoms with Gasteiger partial charge in [0.1, 0.15) is 5.75 Å². The molecule has 0 unspecified atom stereocenters. The molecule has 0 aliphatic carbocycles. The van der Waals surface area contributed by atoms with E-state index in [0.717, 1.165) is 5.56 Å². The molecule has 0 radical (unpaired) electrons. The Morgan fingerprint density at radius 2 is 1.92 bits per heavy atom. The van der Waals surface area contributed by atoms with Crippen molar-refractivity contribution in [3.8, 4) is 5.75 Å². The van der Waals surface area contributed by atoms with Crippen LogP contribution in [0.1, 0.15) is 17.5 Å². The second-order valence-corrected chi connectivity index (χ2v) is 6.12. The van der Waals surface area contributed by atoms with Crippen molar-refractivity contribution in [3.05, 3.63) is 70.8 Å². The van der Waals surface area contributed by atoms with Crippen LogP contribution in [0.4, 0.5) is 0 Å². The molecule has 0 spiro atoms. The molecule has 2 aromatic carbocycles. The molecule has 0 fully saturated rings. The first-order valence-electron chi connectivity index (χ1n) is 8.12. The van der Waals surface area contributed by atoms with Crippen LogP contribution < -0.4 is 10.5 Å². The Morgan fingerprint density at radius 3 is 2.58 bits per heavy atom. The predicted molar refractivity (Wildman–Crippen MR) is 103 cm³/mol. The average molecular weight is 373 g/mol. The van der Waals surface area contributed by atoms with E-state index in [1.807, 2.05) is 30.3 Å². The first-order valence-corrected chi connectivity index (χ1v) is 8.50.